The molecule has 0 unspecified atom stereocenters. The van der Waals surface area contributed by atoms with E-state index in [1.165, 1.54) is 23.0 Å². The summed E-state index contributed by atoms with van der Waals surface area (Å²) < 4.78 is 29.5. The van der Waals surface area contributed by atoms with Crippen molar-refractivity contribution >= 4 is 35.0 Å². The van der Waals surface area contributed by atoms with E-state index in [-0.39, 0.29) is 17.0 Å². The number of aromatic nitrogens is 4. The van der Waals surface area contributed by atoms with Crippen LogP contribution in [0.2, 0.25) is 0 Å². The quantitative estimate of drug-likeness (QED) is 0.401. The van der Waals surface area contributed by atoms with Crippen molar-refractivity contribution in [2.75, 3.05) is 23.8 Å². The minimum atomic E-state index is -1.02. The summed E-state index contributed by atoms with van der Waals surface area (Å²) in [4.78, 5) is 34.2. The van der Waals surface area contributed by atoms with E-state index in [9.17, 15) is 18.4 Å². The molecule has 1 saturated carbocycles. The van der Waals surface area contributed by atoms with E-state index in [2.05, 4.69) is 20.6 Å². The first-order valence-corrected chi connectivity index (χ1v) is 11.5. The van der Waals surface area contributed by atoms with Gasteiger partial charge in [-0.1, -0.05) is 12.1 Å². The summed E-state index contributed by atoms with van der Waals surface area (Å²) in [5.74, 6) is -0.443. The minimum Gasteiger partial charge on any atom is -0.385 e. The van der Waals surface area contributed by atoms with Crippen molar-refractivity contribution in [2.24, 2.45) is 0 Å². The smallest absolute Gasteiger partial charge is 0.271 e. The van der Waals surface area contributed by atoms with Gasteiger partial charge in [-0.25, -0.2) is 18.3 Å². The summed E-state index contributed by atoms with van der Waals surface area (Å²) in [6.07, 6.45) is 3.24. The Morgan fingerprint density at radius 3 is 2.78 bits per heavy atom. The molecule has 1 amide bonds. The third-order valence-corrected chi connectivity index (χ3v) is 6.54. The minimum absolute atomic E-state index is 0.173. The van der Waals surface area contributed by atoms with Gasteiger partial charge in [0.15, 0.2) is 23.4 Å². The van der Waals surface area contributed by atoms with Gasteiger partial charge in [-0.2, -0.15) is 0 Å². The molecular formula is C25H21F2N7O2. The molecule has 1 aliphatic carbocycles. The third kappa shape index (κ3) is 3.55. The Bertz CT molecular complexity index is 1540. The number of pyridine rings is 1. The number of rotatable bonds is 6. The maximum absolute atomic E-state index is 14.8. The van der Waals surface area contributed by atoms with Gasteiger partial charge < -0.3 is 15.5 Å². The van der Waals surface area contributed by atoms with Gasteiger partial charge in [0.25, 0.3) is 5.91 Å². The third-order valence-electron chi connectivity index (χ3n) is 6.54. The van der Waals surface area contributed by atoms with Gasteiger partial charge in [0.05, 0.1) is 17.9 Å². The van der Waals surface area contributed by atoms with Crippen molar-refractivity contribution in [1.29, 1.82) is 0 Å². The normalized spacial score (nSPS) is 18.2. The number of halogens is 2. The van der Waals surface area contributed by atoms with Crippen molar-refractivity contribution < 1.29 is 18.4 Å². The fraction of sp³-hybridized carbons (Fsp3) is 0.240. The Balaban J connectivity index is 1.41. The van der Waals surface area contributed by atoms with Crippen LogP contribution in [0.1, 0.15) is 32.8 Å². The highest BCUT2D eigenvalue weighted by atomic mass is 19.1. The van der Waals surface area contributed by atoms with E-state index < -0.39 is 23.9 Å². The van der Waals surface area contributed by atoms with Gasteiger partial charge in [0, 0.05) is 49.1 Å². The lowest BCUT2D eigenvalue weighted by atomic mass is 10.0. The molecule has 1 aromatic carbocycles. The number of nitrogens with zero attached hydrogens (tertiary/aromatic N) is 5. The van der Waals surface area contributed by atoms with Crippen molar-refractivity contribution in [3.05, 3.63) is 65.4 Å². The van der Waals surface area contributed by atoms with Crippen LogP contribution in [0.3, 0.4) is 0 Å². The maximum Gasteiger partial charge on any atom is 0.271 e. The van der Waals surface area contributed by atoms with Gasteiger partial charge in [-0.15, -0.1) is 5.10 Å². The number of benzene rings is 1. The fourth-order valence-corrected chi connectivity index (χ4v) is 4.59. The second-order valence-electron chi connectivity index (χ2n) is 8.80. The van der Waals surface area contributed by atoms with Crippen molar-refractivity contribution in [1.82, 2.24) is 24.9 Å². The van der Waals surface area contributed by atoms with Crippen molar-refractivity contribution in [3.63, 3.8) is 0 Å². The molecule has 0 saturated heterocycles. The monoisotopic (exact) mass is 489 g/mol. The average Bonchev–Trinajstić information content (AvgIpc) is 3.25. The molecule has 2 aliphatic rings. The van der Waals surface area contributed by atoms with Crippen LogP contribution in [0.15, 0.2) is 42.7 Å². The molecule has 9 nitrogen and oxygen atoms in total. The summed E-state index contributed by atoms with van der Waals surface area (Å²) >= 11 is 0. The number of hydrogen-bond donors (Lipinski definition) is 2. The van der Waals surface area contributed by atoms with Crippen LogP contribution in [0.25, 0.3) is 16.9 Å². The van der Waals surface area contributed by atoms with Gasteiger partial charge in [-0.3, -0.25) is 14.6 Å². The number of hydrogen-bond acceptors (Lipinski definition) is 7. The number of nitrogens with one attached hydrogen (secondary N) is 2. The summed E-state index contributed by atoms with van der Waals surface area (Å²) in [7, 11) is 1.75. The van der Waals surface area contributed by atoms with Gasteiger partial charge in [-0.05, 0) is 24.1 Å². The van der Waals surface area contributed by atoms with Crippen LogP contribution in [0.4, 0.5) is 26.0 Å². The lowest BCUT2D eigenvalue weighted by Crippen LogP contribution is -2.28. The molecule has 4 aromatic rings. The average molecular weight is 489 g/mol. The molecule has 11 heteroatoms. The second kappa shape index (κ2) is 8.36. The zero-order chi connectivity index (χ0) is 25.0. The summed E-state index contributed by atoms with van der Waals surface area (Å²) in [5.41, 5.74) is 4.08. The van der Waals surface area contributed by atoms with E-state index in [4.69, 9.17) is 5.10 Å². The molecule has 0 bridgehead atoms. The zero-order valence-corrected chi connectivity index (χ0v) is 19.2. The molecule has 4 heterocycles. The predicted octanol–water partition coefficient (Wildman–Crippen LogP) is 3.32. The van der Waals surface area contributed by atoms with Crippen molar-refractivity contribution in [3.8, 4) is 11.3 Å². The van der Waals surface area contributed by atoms with Gasteiger partial charge >= 0.3 is 0 Å². The first-order chi connectivity index (χ1) is 17.5. The van der Waals surface area contributed by atoms with Crippen LogP contribution in [-0.4, -0.2) is 57.6 Å². The van der Waals surface area contributed by atoms with E-state index in [0.29, 0.717) is 48.4 Å². The van der Waals surface area contributed by atoms with Crippen LogP contribution >= 0.6 is 0 Å². The number of fused-ring (bicyclic) bond motifs is 2. The molecule has 0 radical (unpaired) electrons. The Morgan fingerprint density at radius 2 is 2.06 bits per heavy atom. The molecule has 36 heavy (non-hydrogen) atoms. The number of aldehydes is 1. The first-order valence-electron chi connectivity index (χ1n) is 11.5. The Kier molecular flexibility index (Phi) is 5.13. The molecule has 2 N–H and O–H groups in total. The molecule has 0 spiro atoms. The zero-order valence-electron chi connectivity index (χ0n) is 19.2. The fourth-order valence-electron chi connectivity index (χ4n) is 4.59. The number of carbonyl (C=O) groups excluding carboxylic acids is 2. The summed E-state index contributed by atoms with van der Waals surface area (Å²) in [6.45, 7) is 0.573. The predicted molar refractivity (Wildman–Crippen MR) is 129 cm³/mol. The highest BCUT2D eigenvalue weighted by Crippen LogP contribution is 2.40. The molecule has 1 fully saturated rings. The molecule has 1 aliphatic heterocycles. The standard InChI is InChI=1S/C25H21F2N7O2/c1-28-19-9-22(32-34-21(11-30-24(19)34)25(36)31-18-8-16(18)26)33-6-5-14-15(3-2-4-20(14)33)23-17(27)7-13(12-35)10-29-23/h2-4,7,9-12,16,18,28H,5-6,8H2,1H3,(H,31,36)/t16-,18+/m0/s1. The summed E-state index contributed by atoms with van der Waals surface area (Å²) in [5, 5.41) is 10.5. The Morgan fingerprint density at radius 1 is 1.22 bits per heavy atom. The highest BCUT2D eigenvalue weighted by Gasteiger charge is 2.39. The molecule has 3 aromatic heterocycles. The van der Waals surface area contributed by atoms with Gasteiger partial charge in [0.2, 0.25) is 0 Å². The Labute approximate surface area is 204 Å². The first kappa shape index (κ1) is 22.1. The van der Waals surface area contributed by atoms with Crippen LogP contribution < -0.4 is 15.5 Å². The lowest BCUT2D eigenvalue weighted by molar-refractivity contribution is 0.0940. The number of imidazole rings is 1. The van der Waals surface area contributed by atoms with Gasteiger partial charge in [0.1, 0.15) is 17.7 Å². The lowest BCUT2D eigenvalue weighted by Gasteiger charge is -2.20. The second-order valence-corrected chi connectivity index (χ2v) is 8.80. The molecule has 2 atom stereocenters. The molecular weight excluding hydrogens is 468 g/mol. The largest absolute Gasteiger partial charge is 0.385 e. The number of anilines is 3. The molecule has 6 rings (SSSR count). The Hall–Kier alpha value is -4.41. The number of amides is 1. The molecule has 182 valence electrons. The number of alkyl halides is 1. The van der Waals surface area contributed by atoms with Crippen LogP contribution in [0.5, 0.6) is 0 Å². The SMILES string of the molecule is CNc1cc(N2CCc3c(-c4ncc(C=O)cc4F)cccc32)nn2c(C(=O)N[C@@H]3C[C@@H]3F)cnc12. The van der Waals surface area contributed by atoms with E-state index in [1.807, 2.05) is 23.1 Å². The summed E-state index contributed by atoms with van der Waals surface area (Å²) in [6, 6.07) is 8.07. The van der Waals surface area contributed by atoms with Crippen molar-refractivity contribution in [2.45, 2.75) is 25.1 Å². The van der Waals surface area contributed by atoms with Crippen LogP contribution in [0, 0.1) is 5.82 Å². The van der Waals surface area contributed by atoms with Crippen LogP contribution in [-0.2, 0) is 6.42 Å². The topological polar surface area (TPSA) is 105 Å². The maximum atomic E-state index is 14.8. The van der Waals surface area contributed by atoms with E-state index >= 15 is 0 Å². The van der Waals surface area contributed by atoms with E-state index in [0.717, 1.165) is 11.3 Å². The van der Waals surface area contributed by atoms with E-state index in [1.54, 1.807) is 13.1 Å². The highest BCUT2D eigenvalue weighted by molar-refractivity contribution is 5.94. The number of carbonyl (C=O) groups is 2.